The lowest BCUT2D eigenvalue weighted by Gasteiger charge is -2.12. The van der Waals surface area contributed by atoms with Gasteiger partial charge in [0.2, 0.25) is 0 Å². The molecule has 0 atom stereocenters. The molecular weight excluding hydrogens is 298 g/mol. The summed E-state index contributed by atoms with van der Waals surface area (Å²) in [6, 6.07) is 6.06. The van der Waals surface area contributed by atoms with Crippen molar-refractivity contribution in [3.8, 4) is 0 Å². The number of halogens is 2. The highest BCUT2D eigenvalue weighted by Crippen LogP contribution is 2.24. The molecule has 112 valence electrons. The Hall–Kier alpha value is -2.15. The highest BCUT2D eigenvalue weighted by Gasteiger charge is 2.19. The molecule has 7 heteroatoms. The Morgan fingerprint density at radius 3 is 2.29 bits per heavy atom. The molecule has 0 aliphatic heterocycles. The molecule has 0 aromatic heterocycles. The summed E-state index contributed by atoms with van der Waals surface area (Å²) in [7, 11) is -3.98. The van der Waals surface area contributed by atoms with Crippen molar-refractivity contribution < 1.29 is 17.2 Å². The fraction of sp³-hybridized carbons (Fsp3) is 0.143. The third-order valence-corrected chi connectivity index (χ3v) is 4.53. The van der Waals surface area contributed by atoms with Gasteiger partial charge in [-0.05, 0) is 49.2 Å². The Morgan fingerprint density at radius 2 is 1.67 bits per heavy atom. The molecule has 0 fully saturated rings. The van der Waals surface area contributed by atoms with Crippen LogP contribution in [0.1, 0.15) is 11.1 Å². The number of aryl methyl sites for hydroxylation is 2. The second kappa shape index (κ2) is 5.33. The number of benzene rings is 2. The minimum Gasteiger partial charge on any atom is -0.396 e. The van der Waals surface area contributed by atoms with Gasteiger partial charge in [-0.1, -0.05) is 6.07 Å². The first-order valence-electron chi connectivity index (χ1n) is 6.05. The SMILES string of the molecule is Cc1ccc(NS(=O)(=O)c2cc(N)c(F)cc2C)cc1F. The first-order chi connectivity index (χ1) is 9.70. The molecule has 0 unspecified atom stereocenters. The van der Waals surface area contributed by atoms with Crippen LogP contribution < -0.4 is 10.5 Å². The molecule has 2 rings (SSSR count). The van der Waals surface area contributed by atoms with Crippen LogP contribution in [0.25, 0.3) is 0 Å². The summed E-state index contributed by atoms with van der Waals surface area (Å²) in [5.41, 5.74) is 5.83. The van der Waals surface area contributed by atoms with Crippen LogP contribution >= 0.6 is 0 Å². The fourth-order valence-electron chi connectivity index (χ4n) is 1.82. The molecule has 21 heavy (non-hydrogen) atoms. The van der Waals surface area contributed by atoms with E-state index in [1.165, 1.54) is 19.1 Å². The second-order valence-electron chi connectivity index (χ2n) is 4.71. The van der Waals surface area contributed by atoms with Crippen LogP contribution in [0.5, 0.6) is 0 Å². The van der Waals surface area contributed by atoms with E-state index in [1.54, 1.807) is 6.92 Å². The van der Waals surface area contributed by atoms with E-state index in [-0.39, 0.29) is 21.8 Å². The van der Waals surface area contributed by atoms with E-state index < -0.39 is 21.7 Å². The van der Waals surface area contributed by atoms with Crippen molar-refractivity contribution in [1.82, 2.24) is 0 Å². The van der Waals surface area contributed by atoms with Gasteiger partial charge in [-0.2, -0.15) is 0 Å². The number of hydrogen-bond donors (Lipinski definition) is 2. The van der Waals surface area contributed by atoms with Gasteiger partial charge in [0.05, 0.1) is 16.3 Å². The predicted octanol–water partition coefficient (Wildman–Crippen LogP) is 2.96. The molecule has 4 nitrogen and oxygen atoms in total. The molecule has 0 saturated heterocycles. The number of nitrogens with one attached hydrogen (secondary N) is 1. The van der Waals surface area contributed by atoms with Crippen molar-refractivity contribution in [1.29, 1.82) is 0 Å². The van der Waals surface area contributed by atoms with Gasteiger partial charge in [0.25, 0.3) is 10.0 Å². The van der Waals surface area contributed by atoms with E-state index >= 15 is 0 Å². The van der Waals surface area contributed by atoms with Gasteiger partial charge in [-0.15, -0.1) is 0 Å². The zero-order valence-corrected chi connectivity index (χ0v) is 12.3. The number of anilines is 2. The summed E-state index contributed by atoms with van der Waals surface area (Å²) in [6.07, 6.45) is 0. The molecule has 0 aliphatic carbocycles. The summed E-state index contributed by atoms with van der Waals surface area (Å²) in [4.78, 5) is -0.151. The summed E-state index contributed by atoms with van der Waals surface area (Å²) in [5.74, 6) is -1.21. The molecule has 0 aliphatic rings. The van der Waals surface area contributed by atoms with Crippen molar-refractivity contribution in [3.05, 3.63) is 53.1 Å². The monoisotopic (exact) mass is 312 g/mol. The minimum absolute atomic E-state index is 0.0837. The molecule has 0 radical (unpaired) electrons. The lowest BCUT2D eigenvalue weighted by atomic mass is 10.2. The molecule has 2 aromatic rings. The van der Waals surface area contributed by atoms with Crippen molar-refractivity contribution >= 4 is 21.4 Å². The van der Waals surface area contributed by atoms with Crippen LogP contribution in [0.2, 0.25) is 0 Å². The molecule has 0 bridgehead atoms. The zero-order chi connectivity index (χ0) is 15.8. The standard InChI is InChI=1S/C14H14F2N2O2S/c1-8-3-4-10(6-11(8)15)18-21(19,20)14-7-13(17)12(16)5-9(14)2/h3-7,18H,17H2,1-2H3. The van der Waals surface area contributed by atoms with E-state index in [4.69, 9.17) is 5.73 Å². The van der Waals surface area contributed by atoms with Gasteiger partial charge in [0, 0.05) is 0 Å². The highest BCUT2D eigenvalue weighted by atomic mass is 32.2. The van der Waals surface area contributed by atoms with E-state index in [9.17, 15) is 17.2 Å². The van der Waals surface area contributed by atoms with Crippen LogP contribution in [0, 0.1) is 25.5 Å². The summed E-state index contributed by atoms with van der Waals surface area (Å²) in [6.45, 7) is 3.02. The third-order valence-electron chi connectivity index (χ3n) is 3.01. The van der Waals surface area contributed by atoms with E-state index in [0.717, 1.165) is 18.2 Å². The summed E-state index contributed by atoms with van der Waals surface area (Å²) < 4.78 is 53.5. The van der Waals surface area contributed by atoms with Gasteiger partial charge in [-0.3, -0.25) is 4.72 Å². The normalized spacial score (nSPS) is 11.4. The Balaban J connectivity index is 2.43. The number of nitrogens with two attached hydrogens (primary N) is 1. The Labute approximate surface area is 121 Å². The minimum atomic E-state index is -3.98. The largest absolute Gasteiger partial charge is 0.396 e. The van der Waals surface area contributed by atoms with Gasteiger partial charge in [-0.25, -0.2) is 17.2 Å². The quantitative estimate of drug-likeness (QED) is 0.856. The van der Waals surface area contributed by atoms with Gasteiger partial charge >= 0.3 is 0 Å². The topological polar surface area (TPSA) is 72.2 Å². The molecule has 0 heterocycles. The van der Waals surface area contributed by atoms with Crippen LogP contribution in [0.15, 0.2) is 35.2 Å². The Bertz CT molecular complexity index is 805. The highest BCUT2D eigenvalue weighted by molar-refractivity contribution is 7.92. The van der Waals surface area contributed by atoms with Crippen molar-refractivity contribution in [2.24, 2.45) is 0 Å². The van der Waals surface area contributed by atoms with Gasteiger partial charge in [0.15, 0.2) is 0 Å². The molecule has 3 N–H and O–H groups in total. The number of rotatable bonds is 3. The van der Waals surface area contributed by atoms with Crippen LogP contribution in [0.4, 0.5) is 20.2 Å². The molecule has 2 aromatic carbocycles. The lowest BCUT2D eigenvalue weighted by Crippen LogP contribution is -2.15. The van der Waals surface area contributed by atoms with Crippen molar-refractivity contribution in [3.63, 3.8) is 0 Å². The predicted molar refractivity (Wildman–Crippen MR) is 77.5 cm³/mol. The number of sulfonamides is 1. The Morgan fingerprint density at radius 1 is 1.00 bits per heavy atom. The third kappa shape index (κ3) is 3.13. The lowest BCUT2D eigenvalue weighted by molar-refractivity contribution is 0.599. The summed E-state index contributed by atoms with van der Waals surface area (Å²) in [5, 5.41) is 0. The van der Waals surface area contributed by atoms with Crippen molar-refractivity contribution in [2.75, 3.05) is 10.5 Å². The maximum atomic E-state index is 13.4. The van der Waals surface area contributed by atoms with E-state index in [1.807, 2.05) is 0 Å². The zero-order valence-electron chi connectivity index (χ0n) is 11.4. The fourth-order valence-corrected chi connectivity index (χ4v) is 3.14. The molecular formula is C14H14F2N2O2S. The second-order valence-corrected chi connectivity index (χ2v) is 6.36. The van der Waals surface area contributed by atoms with E-state index in [0.29, 0.717) is 5.56 Å². The van der Waals surface area contributed by atoms with Crippen LogP contribution in [-0.2, 0) is 10.0 Å². The maximum Gasteiger partial charge on any atom is 0.262 e. The van der Waals surface area contributed by atoms with Gasteiger partial charge in [0.1, 0.15) is 11.6 Å². The molecule has 0 amide bonds. The van der Waals surface area contributed by atoms with Crippen LogP contribution in [0.3, 0.4) is 0 Å². The summed E-state index contributed by atoms with van der Waals surface area (Å²) >= 11 is 0. The maximum absolute atomic E-state index is 13.4. The molecule has 0 saturated carbocycles. The smallest absolute Gasteiger partial charge is 0.262 e. The average Bonchev–Trinajstić information content (AvgIpc) is 2.37. The number of hydrogen-bond acceptors (Lipinski definition) is 3. The Kier molecular flexibility index (Phi) is 3.87. The van der Waals surface area contributed by atoms with Gasteiger partial charge < -0.3 is 5.73 Å². The average molecular weight is 312 g/mol. The van der Waals surface area contributed by atoms with E-state index in [2.05, 4.69) is 4.72 Å². The molecule has 0 spiro atoms. The van der Waals surface area contributed by atoms with Crippen molar-refractivity contribution in [2.45, 2.75) is 18.7 Å². The van der Waals surface area contributed by atoms with Crippen LogP contribution in [-0.4, -0.2) is 8.42 Å². The first kappa shape index (κ1) is 15.2. The number of nitrogen functional groups attached to an aromatic ring is 1. The first-order valence-corrected chi connectivity index (χ1v) is 7.53.